The van der Waals surface area contributed by atoms with Crippen molar-refractivity contribution in [2.24, 2.45) is 0 Å². The first-order valence-corrected chi connectivity index (χ1v) is 10.6. The van der Waals surface area contributed by atoms with E-state index in [1.54, 1.807) is 13.1 Å². The SMILES string of the molecule is C=CC(=O)Nc1ccc2c(c1)C(=O)N([C@H]1CCC[C@@H](Nc3ncc(C#N)c(NC)n3)C1)C2. The zero-order valence-electron chi connectivity index (χ0n) is 17.9. The molecule has 164 valence electrons. The number of nitriles is 1. The summed E-state index contributed by atoms with van der Waals surface area (Å²) in [4.78, 5) is 35.3. The number of nitrogens with zero attached hydrogens (tertiary/aromatic N) is 4. The molecule has 2 heterocycles. The molecule has 1 aliphatic heterocycles. The van der Waals surface area contributed by atoms with Gasteiger partial charge in [0.05, 0.1) is 6.20 Å². The van der Waals surface area contributed by atoms with Crippen LogP contribution in [0.2, 0.25) is 0 Å². The number of aromatic nitrogens is 2. The number of carbonyl (C=O) groups excluding carboxylic acids is 2. The Bertz CT molecular complexity index is 1110. The Kier molecular flexibility index (Phi) is 6.03. The van der Waals surface area contributed by atoms with Gasteiger partial charge < -0.3 is 20.9 Å². The summed E-state index contributed by atoms with van der Waals surface area (Å²) in [6.07, 6.45) is 6.38. The lowest BCUT2D eigenvalue weighted by atomic mass is 9.90. The maximum atomic E-state index is 13.1. The lowest BCUT2D eigenvalue weighted by Crippen LogP contribution is -2.42. The van der Waals surface area contributed by atoms with Crippen LogP contribution in [0.15, 0.2) is 37.1 Å². The topological polar surface area (TPSA) is 123 Å². The van der Waals surface area contributed by atoms with Crippen LogP contribution in [0, 0.1) is 11.3 Å². The van der Waals surface area contributed by atoms with Crippen LogP contribution in [-0.4, -0.2) is 45.8 Å². The second-order valence-corrected chi connectivity index (χ2v) is 7.98. The van der Waals surface area contributed by atoms with E-state index in [-0.39, 0.29) is 23.9 Å². The lowest BCUT2D eigenvalue weighted by molar-refractivity contribution is -0.111. The monoisotopic (exact) mass is 431 g/mol. The summed E-state index contributed by atoms with van der Waals surface area (Å²) >= 11 is 0. The molecule has 0 saturated heterocycles. The number of benzene rings is 1. The van der Waals surface area contributed by atoms with E-state index in [4.69, 9.17) is 5.26 Å². The van der Waals surface area contributed by atoms with Gasteiger partial charge >= 0.3 is 0 Å². The molecular weight excluding hydrogens is 406 g/mol. The minimum atomic E-state index is -0.306. The predicted octanol–water partition coefficient (Wildman–Crippen LogP) is 2.89. The van der Waals surface area contributed by atoms with Crippen LogP contribution in [0.1, 0.15) is 47.2 Å². The average molecular weight is 432 g/mol. The van der Waals surface area contributed by atoms with Crippen molar-refractivity contribution in [1.29, 1.82) is 5.26 Å². The standard InChI is InChI=1S/C23H25N7O2/c1-3-20(31)27-17-8-7-14-13-30(22(32)19(14)10-17)18-6-4-5-16(9-18)28-23-26-12-15(11-24)21(25-2)29-23/h3,7-8,10,12,16,18H,1,4-6,9,13H2,2H3,(H,27,31)(H2,25,26,28,29)/t16-,18+/m1/s1. The van der Waals surface area contributed by atoms with Gasteiger partial charge in [0.15, 0.2) is 0 Å². The van der Waals surface area contributed by atoms with E-state index in [0.717, 1.165) is 31.2 Å². The van der Waals surface area contributed by atoms with Crippen molar-refractivity contribution < 1.29 is 9.59 Å². The predicted molar refractivity (Wildman–Crippen MR) is 121 cm³/mol. The number of carbonyl (C=O) groups is 2. The Balaban J connectivity index is 1.44. The summed E-state index contributed by atoms with van der Waals surface area (Å²) in [5, 5.41) is 18.1. The van der Waals surface area contributed by atoms with Crippen LogP contribution in [-0.2, 0) is 11.3 Å². The van der Waals surface area contributed by atoms with Gasteiger partial charge in [0.2, 0.25) is 11.9 Å². The minimum absolute atomic E-state index is 0.00700. The third-order valence-electron chi connectivity index (χ3n) is 5.96. The quantitative estimate of drug-likeness (QED) is 0.601. The Morgan fingerprint density at radius 1 is 1.38 bits per heavy atom. The Morgan fingerprint density at radius 3 is 2.97 bits per heavy atom. The van der Waals surface area contributed by atoms with Crippen LogP contribution in [0.3, 0.4) is 0 Å². The molecule has 4 rings (SSSR count). The van der Waals surface area contributed by atoms with E-state index in [1.165, 1.54) is 12.3 Å². The Hall–Kier alpha value is -3.93. The average Bonchev–Trinajstić information content (AvgIpc) is 3.15. The minimum Gasteiger partial charge on any atom is -0.372 e. The van der Waals surface area contributed by atoms with Gasteiger partial charge in [-0.25, -0.2) is 4.98 Å². The fourth-order valence-corrected chi connectivity index (χ4v) is 4.37. The summed E-state index contributed by atoms with van der Waals surface area (Å²) in [6.45, 7) is 4.02. The van der Waals surface area contributed by atoms with Gasteiger partial charge in [-0.1, -0.05) is 12.6 Å². The first kappa shape index (κ1) is 21.3. The fourth-order valence-electron chi connectivity index (χ4n) is 4.37. The van der Waals surface area contributed by atoms with Crippen LogP contribution in [0.4, 0.5) is 17.5 Å². The lowest BCUT2D eigenvalue weighted by Gasteiger charge is -2.35. The number of hydrogen-bond acceptors (Lipinski definition) is 7. The second-order valence-electron chi connectivity index (χ2n) is 7.98. The summed E-state index contributed by atoms with van der Waals surface area (Å²) in [6, 6.07) is 7.75. The van der Waals surface area contributed by atoms with Crippen LogP contribution < -0.4 is 16.0 Å². The van der Waals surface area contributed by atoms with E-state index in [0.29, 0.717) is 35.1 Å². The zero-order valence-corrected chi connectivity index (χ0v) is 17.9. The highest BCUT2D eigenvalue weighted by molar-refractivity contribution is 6.02. The van der Waals surface area contributed by atoms with Gasteiger partial charge in [-0.3, -0.25) is 9.59 Å². The van der Waals surface area contributed by atoms with E-state index in [2.05, 4.69) is 38.6 Å². The summed E-state index contributed by atoms with van der Waals surface area (Å²) in [5.74, 6) is 0.645. The van der Waals surface area contributed by atoms with Gasteiger partial charge in [0.1, 0.15) is 17.5 Å². The number of amides is 2. The number of fused-ring (bicyclic) bond motifs is 1. The highest BCUT2D eigenvalue weighted by atomic mass is 16.2. The molecule has 1 saturated carbocycles. The summed E-state index contributed by atoms with van der Waals surface area (Å²) in [5.41, 5.74) is 2.58. The fraction of sp³-hybridized carbons (Fsp3) is 0.348. The molecule has 0 spiro atoms. The molecule has 2 aromatic rings. The highest BCUT2D eigenvalue weighted by Gasteiger charge is 2.35. The third kappa shape index (κ3) is 4.25. The zero-order chi connectivity index (χ0) is 22.7. The van der Waals surface area contributed by atoms with Crippen LogP contribution in [0.5, 0.6) is 0 Å². The van der Waals surface area contributed by atoms with Crippen molar-refractivity contribution in [2.75, 3.05) is 23.0 Å². The molecule has 2 aliphatic rings. The molecule has 1 aromatic carbocycles. The highest BCUT2D eigenvalue weighted by Crippen LogP contribution is 2.33. The van der Waals surface area contributed by atoms with E-state index >= 15 is 0 Å². The van der Waals surface area contributed by atoms with Crippen molar-refractivity contribution in [2.45, 2.75) is 44.3 Å². The maximum Gasteiger partial charge on any atom is 0.254 e. The van der Waals surface area contributed by atoms with Crippen molar-refractivity contribution in [3.05, 3.63) is 53.7 Å². The van der Waals surface area contributed by atoms with E-state index < -0.39 is 0 Å². The maximum absolute atomic E-state index is 13.1. The number of nitrogens with one attached hydrogen (secondary N) is 3. The molecule has 9 heteroatoms. The van der Waals surface area contributed by atoms with Gasteiger partial charge in [-0.15, -0.1) is 0 Å². The van der Waals surface area contributed by atoms with Gasteiger partial charge in [-0.2, -0.15) is 10.2 Å². The summed E-state index contributed by atoms with van der Waals surface area (Å²) in [7, 11) is 1.72. The largest absolute Gasteiger partial charge is 0.372 e. The third-order valence-corrected chi connectivity index (χ3v) is 5.96. The van der Waals surface area contributed by atoms with Crippen LogP contribution in [0.25, 0.3) is 0 Å². The molecule has 9 nitrogen and oxygen atoms in total. The molecule has 1 fully saturated rings. The van der Waals surface area contributed by atoms with Crippen molar-refractivity contribution in [3.63, 3.8) is 0 Å². The van der Waals surface area contributed by atoms with E-state index in [1.807, 2.05) is 17.0 Å². The molecule has 0 bridgehead atoms. The smallest absolute Gasteiger partial charge is 0.254 e. The van der Waals surface area contributed by atoms with Gasteiger partial charge in [0, 0.05) is 36.9 Å². The van der Waals surface area contributed by atoms with Crippen molar-refractivity contribution in [3.8, 4) is 6.07 Å². The molecule has 1 aliphatic carbocycles. The van der Waals surface area contributed by atoms with Crippen molar-refractivity contribution >= 4 is 29.3 Å². The Labute approximate surface area is 186 Å². The number of hydrogen-bond donors (Lipinski definition) is 3. The first-order valence-electron chi connectivity index (χ1n) is 10.6. The molecule has 2 amide bonds. The number of anilines is 3. The molecular formula is C23H25N7O2. The Morgan fingerprint density at radius 2 is 2.22 bits per heavy atom. The summed E-state index contributed by atoms with van der Waals surface area (Å²) < 4.78 is 0. The van der Waals surface area contributed by atoms with Gasteiger partial charge in [0.25, 0.3) is 5.91 Å². The molecule has 0 unspecified atom stereocenters. The van der Waals surface area contributed by atoms with Gasteiger partial charge in [-0.05, 0) is 49.5 Å². The molecule has 0 radical (unpaired) electrons. The first-order chi connectivity index (χ1) is 15.5. The molecule has 1 aromatic heterocycles. The molecule has 2 atom stereocenters. The molecule has 32 heavy (non-hydrogen) atoms. The van der Waals surface area contributed by atoms with Crippen LogP contribution >= 0.6 is 0 Å². The van der Waals surface area contributed by atoms with E-state index in [9.17, 15) is 9.59 Å². The van der Waals surface area contributed by atoms with Crippen molar-refractivity contribution in [1.82, 2.24) is 14.9 Å². The normalized spacial score (nSPS) is 19.6. The molecule has 3 N–H and O–H groups in total. The second kappa shape index (κ2) is 9.06. The number of rotatable bonds is 6.